The van der Waals surface area contributed by atoms with Gasteiger partial charge in [0.05, 0.1) is 11.0 Å². The highest BCUT2D eigenvalue weighted by Gasteiger charge is 2.23. The van der Waals surface area contributed by atoms with E-state index in [4.69, 9.17) is 17.3 Å². The van der Waals surface area contributed by atoms with Crippen molar-refractivity contribution in [2.24, 2.45) is 22.6 Å². The Morgan fingerprint density at radius 1 is 1.36 bits per heavy atom. The van der Waals surface area contributed by atoms with E-state index in [0.29, 0.717) is 11.1 Å². The van der Waals surface area contributed by atoms with E-state index >= 15 is 0 Å². The standard InChI is InChI=1S/C21H26ClN5O/c1-14(2)21(28)27-7-5-15(6-8-27)11-24-12-17(10-23)16-9-19-18(25-13-16)3-4-20(22)26-19/h3-4,9-10,12-15H,5-8,11,23H2,1-2H3. The molecule has 28 heavy (non-hydrogen) atoms. The van der Waals surface area contributed by atoms with Gasteiger partial charge in [0.15, 0.2) is 0 Å². The molecule has 0 bridgehead atoms. The average Bonchev–Trinajstić information content (AvgIpc) is 2.70. The first-order valence-corrected chi connectivity index (χ1v) is 9.99. The largest absolute Gasteiger partial charge is 0.404 e. The average molecular weight is 400 g/mol. The molecule has 2 N–H and O–H groups in total. The number of halogens is 1. The minimum atomic E-state index is 0.0618. The van der Waals surface area contributed by atoms with E-state index in [-0.39, 0.29) is 11.8 Å². The van der Waals surface area contributed by atoms with Crippen LogP contribution in [0.3, 0.4) is 0 Å². The summed E-state index contributed by atoms with van der Waals surface area (Å²) >= 11 is 5.97. The van der Waals surface area contributed by atoms with E-state index in [9.17, 15) is 4.79 Å². The van der Waals surface area contributed by atoms with Crippen LogP contribution in [0.15, 0.2) is 35.6 Å². The van der Waals surface area contributed by atoms with E-state index in [0.717, 1.165) is 54.6 Å². The van der Waals surface area contributed by atoms with Crippen LogP contribution in [0.1, 0.15) is 32.3 Å². The van der Waals surface area contributed by atoms with Gasteiger partial charge in [-0.1, -0.05) is 25.4 Å². The molecule has 1 amide bonds. The first kappa shape index (κ1) is 20.3. The van der Waals surface area contributed by atoms with E-state index in [1.807, 2.05) is 30.9 Å². The monoisotopic (exact) mass is 399 g/mol. The highest BCUT2D eigenvalue weighted by atomic mass is 35.5. The lowest BCUT2D eigenvalue weighted by atomic mass is 9.96. The number of carbonyl (C=O) groups is 1. The van der Waals surface area contributed by atoms with Crippen LogP contribution in [0.25, 0.3) is 16.6 Å². The first-order valence-electron chi connectivity index (χ1n) is 9.61. The maximum absolute atomic E-state index is 12.1. The number of rotatable bonds is 5. The number of pyridine rings is 2. The van der Waals surface area contributed by atoms with Crippen molar-refractivity contribution < 1.29 is 4.79 Å². The van der Waals surface area contributed by atoms with Gasteiger partial charge in [0.25, 0.3) is 0 Å². The molecule has 0 radical (unpaired) electrons. The topological polar surface area (TPSA) is 84.5 Å². The molecule has 0 aliphatic carbocycles. The summed E-state index contributed by atoms with van der Waals surface area (Å²) in [6, 6.07) is 5.47. The molecule has 1 fully saturated rings. The number of hydrogen-bond donors (Lipinski definition) is 1. The highest BCUT2D eigenvalue weighted by Crippen LogP contribution is 2.21. The summed E-state index contributed by atoms with van der Waals surface area (Å²) in [4.78, 5) is 27.3. The summed E-state index contributed by atoms with van der Waals surface area (Å²) in [7, 11) is 0. The number of aromatic nitrogens is 2. The fourth-order valence-corrected chi connectivity index (χ4v) is 3.51. The van der Waals surface area contributed by atoms with Crippen LogP contribution in [-0.4, -0.2) is 46.6 Å². The van der Waals surface area contributed by atoms with E-state index in [2.05, 4.69) is 15.0 Å². The van der Waals surface area contributed by atoms with Gasteiger partial charge in [-0.25, -0.2) is 4.98 Å². The maximum atomic E-state index is 12.1. The summed E-state index contributed by atoms with van der Waals surface area (Å²) in [5.41, 5.74) is 8.96. The van der Waals surface area contributed by atoms with Gasteiger partial charge in [0.2, 0.25) is 5.91 Å². The predicted octanol–water partition coefficient (Wildman–Crippen LogP) is 3.55. The summed E-state index contributed by atoms with van der Waals surface area (Å²) in [5.74, 6) is 0.793. The second-order valence-corrected chi connectivity index (χ2v) is 7.82. The number of nitrogens with two attached hydrogens (primary N) is 1. The molecule has 1 saturated heterocycles. The lowest BCUT2D eigenvalue weighted by Crippen LogP contribution is -2.41. The van der Waals surface area contributed by atoms with Crippen molar-refractivity contribution >= 4 is 40.3 Å². The maximum Gasteiger partial charge on any atom is 0.225 e. The van der Waals surface area contributed by atoms with E-state index in [1.165, 1.54) is 6.20 Å². The van der Waals surface area contributed by atoms with Gasteiger partial charge in [-0.3, -0.25) is 14.8 Å². The zero-order chi connectivity index (χ0) is 20.1. The van der Waals surface area contributed by atoms with Gasteiger partial charge >= 0.3 is 0 Å². The molecule has 2 aromatic rings. The van der Waals surface area contributed by atoms with Crippen LogP contribution < -0.4 is 5.73 Å². The molecule has 7 heteroatoms. The molecule has 0 saturated carbocycles. The number of carbonyl (C=O) groups excluding carboxylic acids is 1. The Hall–Kier alpha value is -2.47. The SMILES string of the molecule is CC(C)C(=O)N1CCC(CN=CC(=CN)c2cnc3ccc(Cl)nc3c2)CC1. The summed E-state index contributed by atoms with van der Waals surface area (Å²) in [5, 5.41) is 0.431. The molecule has 148 valence electrons. The molecular formula is C21H26ClN5O. The Bertz CT molecular complexity index is 901. The summed E-state index contributed by atoms with van der Waals surface area (Å²) < 4.78 is 0. The van der Waals surface area contributed by atoms with Gasteiger partial charge < -0.3 is 10.6 Å². The molecule has 0 spiro atoms. The fourth-order valence-electron chi connectivity index (χ4n) is 3.35. The summed E-state index contributed by atoms with van der Waals surface area (Å²) in [6.45, 7) is 6.26. The number of amides is 1. The van der Waals surface area contributed by atoms with Crippen molar-refractivity contribution in [3.63, 3.8) is 0 Å². The van der Waals surface area contributed by atoms with Gasteiger partial charge in [0, 0.05) is 55.3 Å². The Morgan fingerprint density at radius 3 is 2.79 bits per heavy atom. The molecule has 1 aliphatic rings. The number of allylic oxidation sites excluding steroid dienone is 1. The number of likely N-dealkylation sites (tertiary alicyclic amines) is 1. The lowest BCUT2D eigenvalue weighted by molar-refractivity contribution is -0.135. The van der Waals surface area contributed by atoms with E-state index in [1.54, 1.807) is 18.5 Å². The lowest BCUT2D eigenvalue weighted by Gasteiger charge is -2.32. The van der Waals surface area contributed by atoms with Gasteiger partial charge in [-0.15, -0.1) is 0 Å². The third kappa shape index (κ3) is 4.87. The summed E-state index contributed by atoms with van der Waals surface area (Å²) in [6.07, 6.45) is 7.05. The second kappa shape index (κ2) is 9.15. The first-order chi connectivity index (χ1) is 13.5. The number of aliphatic imine (C=N–C) groups is 1. The van der Waals surface area contributed by atoms with Crippen LogP contribution in [0, 0.1) is 11.8 Å². The molecule has 3 heterocycles. The Balaban J connectivity index is 1.60. The zero-order valence-electron chi connectivity index (χ0n) is 16.3. The number of piperidine rings is 1. The van der Waals surface area contributed by atoms with Gasteiger partial charge in [0.1, 0.15) is 5.15 Å². The number of fused-ring (bicyclic) bond motifs is 1. The Kier molecular flexibility index (Phi) is 6.62. The number of nitrogens with zero attached hydrogens (tertiary/aromatic N) is 4. The van der Waals surface area contributed by atoms with Crippen molar-refractivity contribution in [3.8, 4) is 0 Å². The second-order valence-electron chi connectivity index (χ2n) is 7.44. The molecular weight excluding hydrogens is 374 g/mol. The minimum absolute atomic E-state index is 0.0618. The Morgan fingerprint density at radius 2 is 2.11 bits per heavy atom. The third-order valence-corrected chi connectivity index (χ3v) is 5.24. The van der Waals surface area contributed by atoms with Crippen LogP contribution in [0.2, 0.25) is 5.15 Å². The van der Waals surface area contributed by atoms with E-state index < -0.39 is 0 Å². The molecule has 0 aromatic carbocycles. The molecule has 1 aliphatic heterocycles. The highest BCUT2D eigenvalue weighted by molar-refractivity contribution is 6.29. The van der Waals surface area contributed by atoms with Crippen molar-refractivity contribution in [1.29, 1.82) is 0 Å². The van der Waals surface area contributed by atoms with Gasteiger partial charge in [-0.2, -0.15) is 0 Å². The quantitative estimate of drug-likeness (QED) is 0.615. The fraction of sp³-hybridized carbons (Fsp3) is 0.429. The third-order valence-electron chi connectivity index (χ3n) is 5.03. The van der Waals surface area contributed by atoms with Gasteiger partial charge in [-0.05, 0) is 37.0 Å². The smallest absolute Gasteiger partial charge is 0.225 e. The number of hydrogen-bond acceptors (Lipinski definition) is 5. The van der Waals surface area contributed by atoms with Crippen molar-refractivity contribution in [2.75, 3.05) is 19.6 Å². The molecule has 2 aromatic heterocycles. The van der Waals surface area contributed by atoms with Crippen molar-refractivity contribution in [2.45, 2.75) is 26.7 Å². The zero-order valence-corrected chi connectivity index (χ0v) is 17.1. The Labute approximate surface area is 170 Å². The molecule has 0 unspecified atom stereocenters. The van der Waals surface area contributed by atoms with Crippen molar-refractivity contribution in [1.82, 2.24) is 14.9 Å². The minimum Gasteiger partial charge on any atom is -0.404 e. The molecule has 3 rings (SSSR count). The predicted molar refractivity (Wildman–Crippen MR) is 114 cm³/mol. The van der Waals surface area contributed by atoms with Crippen LogP contribution in [0.4, 0.5) is 0 Å². The van der Waals surface area contributed by atoms with Crippen molar-refractivity contribution in [3.05, 3.63) is 41.3 Å². The molecule has 0 atom stereocenters. The molecule has 6 nitrogen and oxygen atoms in total. The normalized spacial score (nSPS) is 16.4. The van der Waals surface area contributed by atoms with Crippen LogP contribution >= 0.6 is 11.6 Å². The van der Waals surface area contributed by atoms with Crippen LogP contribution in [0.5, 0.6) is 0 Å². The van der Waals surface area contributed by atoms with Crippen LogP contribution in [-0.2, 0) is 4.79 Å².